The summed E-state index contributed by atoms with van der Waals surface area (Å²) >= 11 is 9.44. The highest BCUT2D eigenvalue weighted by atomic mass is 79.9. The lowest BCUT2D eigenvalue weighted by molar-refractivity contribution is 1.08. The van der Waals surface area contributed by atoms with E-state index in [1.165, 1.54) is 16.7 Å². The highest BCUT2D eigenvalue weighted by molar-refractivity contribution is 9.10. The molecule has 1 heterocycles. The number of halogens is 2. The number of nitrogens with one attached hydrogen (secondary N) is 1. The number of nitrogens with zero attached hydrogens (tertiary/aromatic N) is 1. The Morgan fingerprint density at radius 2 is 1.94 bits per heavy atom. The molecule has 0 fully saturated rings. The molecule has 2 rings (SSSR count). The molecule has 0 saturated carbocycles. The Morgan fingerprint density at radius 3 is 2.61 bits per heavy atom. The number of pyridine rings is 1. The van der Waals surface area contributed by atoms with E-state index >= 15 is 0 Å². The van der Waals surface area contributed by atoms with Crippen LogP contribution < -0.4 is 5.32 Å². The minimum Gasteiger partial charge on any atom is -0.378 e. The summed E-state index contributed by atoms with van der Waals surface area (Å²) in [7, 11) is 0. The van der Waals surface area contributed by atoms with E-state index in [9.17, 15) is 0 Å². The molecule has 94 valence electrons. The van der Waals surface area contributed by atoms with Gasteiger partial charge in [0.25, 0.3) is 0 Å². The molecule has 0 unspecified atom stereocenters. The van der Waals surface area contributed by atoms with Gasteiger partial charge in [-0.1, -0.05) is 29.8 Å². The number of aryl methyl sites for hydroxylation is 2. The fourth-order valence-corrected chi connectivity index (χ4v) is 2.36. The minimum absolute atomic E-state index is 0.490. The third-order valence-electron chi connectivity index (χ3n) is 2.91. The molecule has 4 heteroatoms. The van der Waals surface area contributed by atoms with Crippen LogP contribution in [0.25, 0.3) is 0 Å². The van der Waals surface area contributed by atoms with Crippen molar-refractivity contribution in [2.75, 3.05) is 5.32 Å². The Hall–Kier alpha value is -1.06. The molecule has 18 heavy (non-hydrogen) atoms. The molecule has 0 saturated heterocycles. The minimum atomic E-state index is 0.490. The average molecular weight is 326 g/mol. The molecule has 0 spiro atoms. The number of benzene rings is 1. The van der Waals surface area contributed by atoms with E-state index in [2.05, 4.69) is 58.3 Å². The van der Waals surface area contributed by atoms with Crippen LogP contribution >= 0.6 is 27.5 Å². The molecule has 2 aromatic rings. The van der Waals surface area contributed by atoms with Gasteiger partial charge in [-0.3, -0.25) is 0 Å². The Kier molecular flexibility index (Phi) is 4.25. The van der Waals surface area contributed by atoms with Gasteiger partial charge in [-0.25, -0.2) is 4.98 Å². The van der Waals surface area contributed by atoms with Crippen LogP contribution in [0.15, 0.2) is 34.9 Å². The van der Waals surface area contributed by atoms with Gasteiger partial charge in [-0.05, 0) is 52.5 Å². The summed E-state index contributed by atoms with van der Waals surface area (Å²) in [5.74, 6) is 0. The SMILES string of the molecule is Cc1cccc(C)c1CNc1cc(Br)cnc1Cl. The Balaban J connectivity index is 2.19. The first-order chi connectivity index (χ1) is 8.58. The average Bonchev–Trinajstić information content (AvgIpc) is 2.33. The molecule has 1 N–H and O–H groups in total. The van der Waals surface area contributed by atoms with E-state index in [4.69, 9.17) is 11.6 Å². The van der Waals surface area contributed by atoms with Crippen LogP contribution in [-0.2, 0) is 6.54 Å². The van der Waals surface area contributed by atoms with Crippen molar-refractivity contribution >= 4 is 33.2 Å². The Bertz CT molecular complexity index is 549. The summed E-state index contributed by atoms with van der Waals surface area (Å²) in [6, 6.07) is 8.24. The Morgan fingerprint density at radius 1 is 1.28 bits per heavy atom. The largest absolute Gasteiger partial charge is 0.378 e. The molecule has 0 aliphatic rings. The summed E-state index contributed by atoms with van der Waals surface area (Å²) < 4.78 is 0.913. The normalized spacial score (nSPS) is 10.4. The predicted molar refractivity (Wildman–Crippen MR) is 80.2 cm³/mol. The van der Waals surface area contributed by atoms with Gasteiger partial charge in [0.2, 0.25) is 0 Å². The van der Waals surface area contributed by atoms with Crippen molar-refractivity contribution in [3.8, 4) is 0 Å². The highest BCUT2D eigenvalue weighted by Gasteiger charge is 2.05. The van der Waals surface area contributed by atoms with Crippen LogP contribution in [0.1, 0.15) is 16.7 Å². The number of rotatable bonds is 3. The topological polar surface area (TPSA) is 24.9 Å². The van der Waals surface area contributed by atoms with Crippen LogP contribution in [0.2, 0.25) is 5.15 Å². The maximum absolute atomic E-state index is 6.05. The van der Waals surface area contributed by atoms with Crippen molar-refractivity contribution in [1.29, 1.82) is 0 Å². The fourth-order valence-electron chi connectivity index (χ4n) is 1.86. The number of hydrogen-bond donors (Lipinski definition) is 1. The van der Waals surface area contributed by atoms with Gasteiger partial charge in [0.05, 0.1) is 5.69 Å². The van der Waals surface area contributed by atoms with Crippen molar-refractivity contribution in [1.82, 2.24) is 4.98 Å². The number of anilines is 1. The molecule has 0 aliphatic carbocycles. The predicted octanol–water partition coefficient (Wildman–Crippen LogP) is 4.73. The van der Waals surface area contributed by atoms with E-state index in [0.717, 1.165) is 16.7 Å². The molecule has 0 amide bonds. The van der Waals surface area contributed by atoms with Gasteiger partial charge in [0.15, 0.2) is 5.15 Å². The van der Waals surface area contributed by atoms with Crippen molar-refractivity contribution < 1.29 is 0 Å². The number of hydrogen-bond acceptors (Lipinski definition) is 2. The monoisotopic (exact) mass is 324 g/mol. The summed E-state index contributed by atoms with van der Waals surface area (Å²) in [4.78, 5) is 4.09. The lowest BCUT2D eigenvalue weighted by Crippen LogP contribution is -2.04. The van der Waals surface area contributed by atoms with Gasteiger partial charge >= 0.3 is 0 Å². The summed E-state index contributed by atoms with van der Waals surface area (Å²) in [6.45, 7) is 4.98. The molecule has 0 aliphatic heterocycles. The van der Waals surface area contributed by atoms with E-state index in [-0.39, 0.29) is 0 Å². The van der Waals surface area contributed by atoms with Crippen molar-refractivity contribution in [2.24, 2.45) is 0 Å². The second kappa shape index (κ2) is 5.72. The lowest BCUT2D eigenvalue weighted by atomic mass is 10.0. The maximum Gasteiger partial charge on any atom is 0.152 e. The van der Waals surface area contributed by atoms with Gasteiger partial charge in [0.1, 0.15) is 0 Å². The molecule has 1 aromatic carbocycles. The van der Waals surface area contributed by atoms with Gasteiger partial charge < -0.3 is 5.32 Å². The van der Waals surface area contributed by atoms with Gasteiger partial charge in [-0.2, -0.15) is 0 Å². The van der Waals surface area contributed by atoms with E-state index in [1.54, 1.807) is 6.20 Å². The number of aromatic nitrogens is 1. The van der Waals surface area contributed by atoms with Crippen LogP contribution in [0.4, 0.5) is 5.69 Å². The zero-order valence-electron chi connectivity index (χ0n) is 10.3. The molecule has 0 atom stereocenters. The quantitative estimate of drug-likeness (QED) is 0.825. The van der Waals surface area contributed by atoms with Gasteiger partial charge in [0, 0.05) is 17.2 Å². The first kappa shape index (κ1) is 13.4. The second-order valence-corrected chi connectivity index (χ2v) is 5.49. The lowest BCUT2D eigenvalue weighted by Gasteiger charge is -2.12. The van der Waals surface area contributed by atoms with Crippen LogP contribution in [0.3, 0.4) is 0 Å². The first-order valence-electron chi connectivity index (χ1n) is 5.68. The summed E-state index contributed by atoms with van der Waals surface area (Å²) in [6.07, 6.45) is 1.69. The summed E-state index contributed by atoms with van der Waals surface area (Å²) in [5, 5.41) is 3.82. The third kappa shape index (κ3) is 3.03. The van der Waals surface area contributed by atoms with Crippen molar-refractivity contribution in [3.63, 3.8) is 0 Å². The van der Waals surface area contributed by atoms with E-state index in [1.807, 2.05) is 6.07 Å². The standard InChI is InChI=1S/C14H14BrClN2/c1-9-4-3-5-10(2)12(9)8-17-13-6-11(15)7-18-14(13)16/h3-7,17H,8H2,1-2H3. The molecule has 0 radical (unpaired) electrons. The van der Waals surface area contributed by atoms with Crippen LogP contribution in [0, 0.1) is 13.8 Å². The molecular formula is C14H14BrClN2. The molecule has 2 nitrogen and oxygen atoms in total. The smallest absolute Gasteiger partial charge is 0.152 e. The zero-order chi connectivity index (χ0) is 13.1. The first-order valence-corrected chi connectivity index (χ1v) is 6.85. The molecule has 1 aromatic heterocycles. The van der Waals surface area contributed by atoms with E-state index in [0.29, 0.717) is 5.15 Å². The highest BCUT2D eigenvalue weighted by Crippen LogP contribution is 2.24. The third-order valence-corrected chi connectivity index (χ3v) is 3.64. The maximum atomic E-state index is 6.05. The van der Waals surface area contributed by atoms with Crippen LogP contribution in [0.5, 0.6) is 0 Å². The zero-order valence-corrected chi connectivity index (χ0v) is 12.6. The Labute approximate surface area is 121 Å². The van der Waals surface area contributed by atoms with Crippen molar-refractivity contribution in [3.05, 3.63) is 56.8 Å². The molecular weight excluding hydrogens is 312 g/mol. The molecule has 0 bridgehead atoms. The van der Waals surface area contributed by atoms with Crippen LogP contribution in [-0.4, -0.2) is 4.98 Å². The fraction of sp³-hybridized carbons (Fsp3) is 0.214. The van der Waals surface area contributed by atoms with Gasteiger partial charge in [-0.15, -0.1) is 0 Å². The second-order valence-electron chi connectivity index (χ2n) is 4.22. The van der Waals surface area contributed by atoms with Crippen molar-refractivity contribution in [2.45, 2.75) is 20.4 Å². The summed E-state index contributed by atoms with van der Waals surface area (Å²) in [5.41, 5.74) is 4.70. The van der Waals surface area contributed by atoms with E-state index < -0.39 is 0 Å².